The lowest BCUT2D eigenvalue weighted by molar-refractivity contribution is 0.298. The van der Waals surface area contributed by atoms with Crippen molar-refractivity contribution >= 4 is 27.3 Å². The molecule has 0 bridgehead atoms. The molecule has 4 aromatic rings. The summed E-state index contributed by atoms with van der Waals surface area (Å²) in [5.74, 6) is 1.45. The first-order valence-electron chi connectivity index (χ1n) is 10.5. The van der Waals surface area contributed by atoms with Crippen LogP contribution in [-0.4, -0.2) is 24.5 Å². The fraction of sp³-hybridized carbons (Fsp3) is 0.292. The number of aromatic nitrogens is 5. The van der Waals surface area contributed by atoms with Crippen molar-refractivity contribution < 1.29 is 4.74 Å². The molecule has 9 heteroatoms. The van der Waals surface area contributed by atoms with Gasteiger partial charge in [-0.2, -0.15) is 0 Å². The molecule has 0 saturated carbocycles. The van der Waals surface area contributed by atoms with Crippen LogP contribution in [0.15, 0.2) is 45.2 Å². The van der Waals surface area contributed by atoms with E-state index in [0.29, 0.717) is 22.5 Å². The first kappa shape index (κ1) is 23.3. The smallest absolute Gasteiger partial charge is 0.273 e. The number of rotatable bonds is 6. The summed E-state index contributed by atoms with van der Waals surface area (Å²) in [5.41, 5.74) is 4.41. The summed E-state index contributed by atoms with van der Waals surface area (Å²) in [6.07, 6.45) is 3.50. The van der Waals surface area contributed by atoms with Gasteiger partial charge >= 0.3 is 0 Å². The van der Waals surface area contributed by atoms with Crippen molar-refractivity contribution in [1.29, 1.82) is 0 Å². The highest BCUT2D eigenvalue weighted by Gasteiger charge is 2.17. The monoisotopic (exact) mass is 525 g/mol. The predicted octanol–water partition coefficient (Wildman–Crippen LogP) is 5.54. The molecule has 7 nitrogen and oxygen atoms in total. The van der Waals surface area contributed by atoms with Gasteiger partial charge in [-0.05, 0) is 54.4 Å². The van der Waals surface area contributed by atoms with E-state index in [0.717, 1.165) is 39.2 Å². The minimum Gasteiger partial charge on any atom is -0.486 e. The highest BCUT2D eigenvalue weighted by molar-refractivity contribution is 9.10. The van der Waals surface area contributed by atoms with Crippen LogP contribution in [0.1, 0.15) is 47.5 Å². The van der Waals surface area contributed by atoms with Crippen LogP contribution in [0.3, 0.4) is 0 Å². The van der Waals surface area contributed by atoms with Gasteiger partial charge in [0.15, 0.2) is 0 Å². The lowest BCUT2D eigenvalue weighted by Crippen LogP contribution is -2.23. The van der Waals surface area contributed by atoms with Gasteiger partial charge in [-0.15, -0.1) is 11.3 Å². The summed E-state index contributed by atoms with van der Waals surface area (Å²) < 4.78 is 7.93. The van der Waals surface area contributed by atoms with Crippen molar-refractivity contribution in [3.05, 3.63) is 78.6 Å². The Balaban J connectivity index is 1.73. The van der Waals surface area contributed by atoms with E-state index < -0.39 is 0 Å². The average Bonchev–Trinajstić information content (AvgIpc) is 3.21. The molecule has 0 spiro atoms. The van der Waals surface area contributed by atoms with Crippen LogP contribution in [0.25, 0.3) is 17.1 Å². The van der Waals surface area contributed by atoms with Crippen molar-refractivity contribution in [3.8, 4) is 22.8 Å². The quantitative estimate of drug-likeness (QED) is 0.328. The van der Waals surface area contributed by atoms with Gasteiger partial charge in [-0.3, -0.25) is 14.3 Å². The van der Waals surface area contributed by atoms with Crippen LogP contribution in [0.5, 0.6) is 5.75 Å². The van der Waals surface area contributed by atoms with E-state index in [4.69, 9.17) is 4.74 Å². The Morgan fingerprint density at radius 1 is 1.12 bits per heavy atom. The molecule has 0 N–H and O–H groups in total. The number of aryl methyl sites for hydroxylation is 3. The van der Waals surface area contributed by atoms with Gasteiger partial charge in [0.25, 0.3) is 5.56 Å². The number of nitrogens with zero attached hydrogens (tertiary/aromatic N) is 5. The van der Waals surface area contributed by atoms with E-state index in [2.05, 4.69) is 35.9 Å². The minimum absolute atomic E-state index is 0.203. The maximum atomic E-state index is 13.3. The maximum absolute atomic E-state index is 13.3. The first-order chi connectivity index (χ1) is 15.7. The molecule has 0 unspecified atom stereocenters. The molecular weight excluding hydrogens is 502 g/mol. The fourth-order valence-electron chi connectivity index (χ4n) is 3.40. The van der Waals surface area contributed by atoms with Gasteiger partial charge in [0.2, 0.25) is 0 Å². The van der Waals surface area contributed by atoms with Gasteiger partial charge in [0.05, 0.1) is 27.8 Å². The molecule has 0 radical (unpaired) electrons. The zero-order valence-corrected chi connectivity index (χ0v) is 21.5. The Kier molecular flexibility index (Phi) is 6.71. The average molecular weight is 526 g/mol. The Morgan fingerprint density at radius 3 is 2.61 bits per heavy atom. The molecule has 0 aliphatic rings. The van der Waals surface area contributed by atoms with E-state index in [1.807, 2.05) is 58.2 Å². The van der Waals surface area contributed by atoms with Crippen LogP contribution >= 0.6 is 27.3 Å². The summed E-state index contributed by atoms with van der Waals surface area (Å²) in [6.45, 7) is 10.2. The van der Waals surface area contributed by atoms with Gasteiger partial charge in [0, 0.05) is 35.5 Å². The summed E-state index contributed by atoms with van der Waals surface area (Å²) in [4.78, 5) is 31.3. The molecular formula is C24H24BrN5O2S. The Hall–Kier alpha value is -2.91. The molecule has 33 heavy (non-hydrogen) atoms. The first-order valence-corrected chi connectivity index (χ1v) is 12.2. The normalized spacial score (nSPS) is 11.2. The zero-order chi connectivity index (χ0) is 23.7. The van der Waals surface area contributed by atoms with Crippen LogP contribution in [-0.2, 0) is 6.61 Å². The number of hydrogen-bond acceptors (Lipinski definition) is 7. The van der Waals surface area contributed by atoms with Crippen molar-refractivity contribution in [2.24, 2.45) is 0 Å². The minimum atomic E-state index is -0.203. The molecule has 0 atom stereocenters. The van der Waals surface area contributed by atoms with Crippen LogP contribution in [0.2, 0.25) is 0 Å². The zero-order valence-electron chi connectivity index (χ0n) is 19.1. The summed E-state index contributed by atoms with van der Waals surface area (Å²) in [6, 6.07) is 5.57. The molecule has 170 valence electrons. The number of pyridine rings is 2. The summed E-state index contributed by atoms with van der Waals surface area (Å²) in [7, 11) is 0. The molecule has 4 heterocycles. The van der Waals surface area contributed by atoms with Crippen LogP contribution in [0.4, 0.5) is 0 Å². The highest BCUT2D eigenvalue weighted by Crippen LogP contribution is 2.27. The summed E-state index contributed by atoms with van der Waals surface area (Å²) >= 11 is 5.01. The molecule has 0 aliphatic carbocycles. The number of halogens is 1. The van der Waals surface area contributed by atoms with E-state index in [1.54, 1.807) is 28.3 Å². The van der Waals surface area contributed by atoms with Crippen LogP contribution in [0, 0.1) is 20.8 Å². The molecule has 0 fully saturated rings. The lowest BCUT2D eigenvalue weighted by atomic mass is 10.1. The van der Waals surface area contributed by atoms with Crippen LogP contribution < -0.4 is 10.3 Å². The van der Waals surface area contributed by atoms with Crippen molar-refractivity contribution in [2.75, 3.05) is 0 Å². The molecule has 0 aliphatic heterocycles. The van der Waals surface area contributed by atoms with E-state index in [1.165, 1.54) is 0 Å². The second kappa shape index (κ2) is 9.52. The van der Waals surface area contributed by atoms with Crippen molar-refractivity contribution in [3.63, 3.8) is 0 Å². The number of thiazole rings is 1. The van der Waals surface area contributed by atoms with Gasteiger partial charge in [0.1, 0.15) is 22.7 Å². The second-order valence-corrected chi connectivity index (χ2v) is 9.92. The summed E-state index contributed by atoms with van der Waals surface area (Å²) in [5, 5.41) is 2.93. The number of ether oxygens (including phenoxy) is 1. The third kappa shape index (κ3) is 4.89. The Bertz CT molecular complexity index is 1380. The van der Waals surface area contributed by atoms with Gasteiger partial charge in [-0.25, -0.2) is 15.0 Å². The SMILES string of the molecule is Cc1nc(COc2cc(C)n(-c3cc(-c4ccnc(C(C)C)n4)ncc3C)c(=O)c2Br)cs1. The largest absolute Gasteiger partial charge is 0.486 e. The molecule has 0 amide bonds. The third-order valence-corrected chi connectivity index (χ3v) is 6.66. The second-order valence-electron chi connectivity index (χ2n) is 8.06. The molecule has 4 rings (SSSR count). The topological polar surface area (TPSA) is 82.8 Å². The number of hydrogen-bond donors (Lipinski definition) is 0. The van der Waals surface area contributed by atoms with Crippen molar-refractivity contribution in [1.82, 2.24) is 24.5 Å². The molecule has 4 aromatic heterocycles. The Labute approximate surface area is 204 Å². The Morgan fingerprint density at radius 2 is 1.91 bits per heavy atom. The highest BCUT2D eigenvalue weighted by atomic mass is 79.9. The molecule has 0 saturated heterocycles. The standard InChI is InChI=1S/C24H24BrN5O2S/c1-13(2)23-26-7-6-18(29-23)19-9-20(14(3)10-27-19)30-15(4)8-21(22(25)24(30)31)32-11-17-12-33-16(5)28-17/h6-10,12-13H,11H2,1-5H3. The van der Waals surface area contributed by atoms with Crippen molar-refractivity contribution in [2.45, 2.75) is 47.1 Å². The van der Waals surface area contributed by atoms with E-state index in [9.17, 15) is 4.79 Å². The molecule has 0 aromatic carbocycles. The van der Waals surface area contributed by atoms with Gasteiger partial charge in [-0.1, -0.05) is 13.8 Å². The fourth-order valence-corrected chi connectivity index (χ4v) is 4.40. The van der Waals surface area contributed by atoms with E-state index in [-0.39, 0.29) is 11.5 Å². The lowest BCUT2D eigenvalue weighted by Gasteiger charge is -2.16. The van der Waals surface area contributed by atoms with E-state index >= 15 is 0 Å². The third-order valence-electron chi connectivity index (χ3n) is 5.11. The predicted molar refractivity (Wildman–Crippen MR) is 133 cm³/mol. The maximum Gasteiger partial charge on any atom is 0.273 e. The van der Waals surface area contributed by atoms with Gasteiger partial charge < -0.3 is 4.74 Å².